The summed E-state index contributed by atoms with van der Waals surface area (Å²) in [4.78, 5) is 39.0. The Bertz CT molecular complexity index is 2060. The van der Waals surface area contributed by atoms with Gasteiger partial charge in [0, 0.05) is 54.4 Å². The Morgan fingerprint density at radius 1 is 0.860 bits per heavy atom. The van der Waals surface area contributed by atoms with Crippen LogP contribution in [0.1, 0.15) is 34.2 Å². The molecule has 50 heavy (non-hydrogen) atoms. The molecule has 1 aromatic heterocycles. The van der Waals surface area contributed by atoms with Crippen LogP contribution in [0.4, 0.5) is 40.4 Å². The lowest BCUT2D eigenvalue weighted by molar-refractivity contribution is -0.137. The molecule has 0 bridgehead atoms. The summed E-state index contributed by atoms with van der Waals surface area (Å²) < 4.78 is 55.5. The number of nitrogens with one attached hydrogen (secondary N) is 2. The zero-order chi connectivity index (χ0) is 35.6. The van der Waals surface area contributed by atoms with E-state index in [1.807, 2.05) is 24.3 Å². The van der Waals surface area contributed by atoms with E-state index in [2.05, 4.69) is 37.3 Å². The molecular weight excluding hydrogens is 650 g/mol. The number of nitrogens with zero attached hydrogens (tertiary/aromatic N) is 4. The van der Waals surface area contributed by atoms with Gasteiger partial charge in [0.1, 0.15) is 17.5 Å². The van der Waals surface area contributed by atoms with Crippen LogP contribution in [-0.4, -0.2) is 59.4 Å². The number of nitrogen functional groups attached to an aromatic ring is 1. The van der Waals surface area contributed by atoms with Gasteiger partial charge in [-0.2, -0.15) is 13.2 Å². The van der Waals surface area contributed by atoms with Gasteiger partial charge in [0.15, 0.2) is 0 Å². The quantitative estimate of drug-likeness (QED) is 0.152. The number of amides is 2. The Morgan fingerprint density at radius 2 is 1.58 bits per heavy atom. The maximum Gasteiger partial charge on any atom is 0.416 e. The van der Waals surface area contributed by atoms with E-state index in [4.69, 9.17) is 5.73 Å². The minimum atomic E-state index is -4.60. The molecule has 9 nitrogen and oxygen atoms in total. The first-order valence-corrected chi connectivity index (χ1v) is 16.1. The number of rotatable bonds is 8. The van der Waals surface area contributed by atoms with Gasteiger partial charge in [-0.1, -0.05) is 19.1 Å². The van der Waals surface area contributed by atoms with Crippen molar-refractivity contribution >= 4 is 45.6 Å². The molecule has 258 valence electrons. The lowest BCUT2D eigenvalue weighted by atomic mass is 9.97. The van der Waals surface area contributed by atoms with Crippen molar-refractivity contribution in [2.75, 3.05) is 54.0 Å². The number of carbonyl (C=O) groups excluding carboxylic acids is 2. The van der Waals surface area contributed by atoms with Gasteiger partial charge in [-0.25, -0.2) is 14.4 Å². The predicted molar refractivity (Wildman–Crippen MR) is 187 cm³/mol. The van der Waals surface area contributed by atoms with Crippen molar-refractivity contribution in [1.29, 1.82) is 0 Å². The first kappa shape index (κ1) is 34.3. The standard InChI is InChI=1S/C37H35F4N7O2/c1-3-47-15-17-48(18-16-47)27-11-9-25(10-12-27)43-32(49)21-31-45-30-14-13-28(34(38)33(30)35(42)46-31)29-20-26(8-7-22(29)2)44-36(50)23-5-4-6-24(19-23)37(39,40)41/h4-14,19-20H,3,15-18,21H2,1-2H3,(H,43,49)(H,44,50)(H2,42,45,46). The van der Waals surface area contributed by atoms with E-state index in [1.165, 1.54) is 18.2 Å². The fourth-order valence-electron chi connectivity index (χ4n) is 6.01. The molecule has 6 rings (SSSR count). The molecule has 0 unspecified atom stereocenters. The molecule has 1 fully saturated rings. The fraction of sp³-hybridized carbons (Fsp3) is 0.243. The van der Waals surface area contributed by atoms with Crippen LogP contribution < -0.4 is 21.3 Å². The van der Waals surface area contributed by atoms with Crippen LogP contribution >= 0.6 is 0 Å². The van der Waals surface area contributed by atoms with Crippen molar-refractivity contribution in [2.45, 2.75) is 26.4 Å². The number of carbonyl (C=O) groups is 2. The molecule has 4 N–H and O–H groups in total. The highest BCUT2D eigenvalue weighted by Crippen LogP contribution is 2.35. The van der Waals surface area contributed by atoms with Gasteiger partial charge in [-0.05, 0) is 91.3 Å². The van der Waals surface area contributed by atoms with Crippen LogP contribution in [0, 0.1) is 12.7 Å². The van der Waals surface area contributed by atoms with Crippen molar-refractivity contribution in [1.82, 2.24) is 14.9 Å². The number of likely N-dealkylation sites (N-methyl/N-ethyl adjacent to an activating group) is 1. The SMILES string of the molecule is CCN1CCN(c2ccc(NC(=O)Cc3nc(N)c4c(F)c(-c5cc(NC(=O)c6cccc(C(F)(F)F)c6)ccc5C)ccc4n3)cc2)CC1. The number of alkyl halides is 3. The lowest BCUT2D eigenvalue weighted by Gasteiger charge is -2.35. The van der Waals surface area contributed by atoms with E-state index < -0.39 is 23.5 Å². The van der Waals surface area contributed by atoms with Crippen LogP contribution in [0.3, 0.4) is 0 Å². The predicted octanol–water partition coefficient (Wildman–Crippen LogP) is 6.92. The Balaban J connectivity index is 1.16. The molecule has 1 saturated heterocycles. The number of fused-ring (bicyclic) bond motifs is 1. The number of piperazine rings is 1. The summed E-state index contributed by atoms with van der Waals surface area (Å²) in [6.45, 7) is 8.86. The van der Waals surface area contributed by atoms with E-state index in [-0.39, 0.29) is 51.7 Å². The van der Waals surface area contributed by atoms with Crippen molar-refractivity contribution < 1.29 is 27.2 Å². The second kappa shape index (κ2) is 14.1. The topological polar surface area (TPSA) is 116 Å². The van der Waals surface area contributed by atoms with Crippen molar-refractivity contribution in [3.8, 4) is 11.1 Å². The largest absolute Gasteiger partial charge is 0.416 e. The van der Waals surface area contributed by atoms with Crippen LogP contribution in [-0.2, 0) is 17.4 Å². The summed E-state index contributed by atoms with van der Waals surface area (Å²) in [5.41, 5.74) is 8.50. The van der Waals surface area contributed by atoms with Crippen molar-refractivity contribution in [2.24, 2.45) is 0 Å². The summed E-state index contributed by atoms with van der Waals surface area (Å²) >= 11 is 0. The van der Waals surface area contributed by atoms with Gasteiger partial charge in [0.2, 0.25) is 5.91 Å². The maximum atomic E-state index is 16.1. The van der Waals surface area contributed by atoms with Crippen LogP contribution in [0.2, 0.25) is 0 Å². The first-order chi connectivity index (χ1) is 23.9. The molecule has 2 amide bonds. The maximum absolute atomic E-state index is 16.1. The number of benzene rings is 4. The Labute approximate surface area is 286 Å². The molecule has 1 aliphatic heterocycles. The number of halogens is 4. The minimum Gasteiger partial charge on any atom is -0.383 e. The molecule has 2 heterocycles. The van der Waals surface area contributed by atoms with E-state index in [1.54, 1.807) is 25.1 Å². The zero-order valence-corrected chi connectivity index (χ0v) is 27.4. The average molecular weight is 686 g/mol. The van der Waals surface area contributed by atoms with E-state index in [0.29, 0.717) is 16.8 Å². The Kier molecular flexibility index (Phi) is 9.69. The van der Waals surface area contributed by atoms with Crippen LogP contribution in [0.25, 0.3) is 22.0 Å². The van der Waals surface area contributed by atoms with Gasteiger partial charge in [-0.3, -0.25) is 9.59 Å². The number of aryl methyl sites for hydroxylation is 1. The molecule has 5 aromatic rings. The van der Waals surface area contributed by atoms with E-state index >= 15 is 4.39 Å². The Hall–Kier alpha value is -5.56. The second-order valence-corrected chi connectivity index (χ2v) is 12.1. The molecule has 0 radical (unpaired) electrons. The smallest absolute Gasteiger partial charge is 0.383 e. The summed E-state index contributed by atoms with van der Waals surface area (Å²) in [5.74, 6) is -1.82. The molecular formula is C37H35F4N7O2. The molecule has 4 aromatic carbocycles. The first-order valence-electron chi connectivity index (χ1n) is 16.1. The molecule has 0 aliphatic carbocycles. The van der Waals surface area contributed by atoms with Gasteiger partial charge in [0.05, 0.1) is 22.9 Å². The lowest BCUT2D eigenvalue weighted by Crippen LogP contribution is -2.46. The minimum absolute atomic E-state index is 0.0279. The number of aromatic nitrogens is 2. The van der Waals surface area contributed by atoms with Crippen molar-refractivity contribution in [3.05, 3.63) is 107 Å². The second-order valence-electron chi connectivity index (χ2n) is 12.1. The monoisotopic (exact) mass is 685 g/mol. The third-order valence-corrected chi connectivity index (χ3v) is 8.77. The number of anilines is 4. The summed E-state index contributed by atoms with van der Waals surface area (Å²) in [6, 6.07) is 19.6. The average Bonchev–Trinajstić information content (AvgIpc) is 3.09. The van der Waals surface area contributed by atoms with Crippen LogP contribution in [0.5, 0.6) is 0 Å². The number of hydrogen-bond acceptors (Lipinski definition) is 7. The van der Waals surface area contributed by atoms with Gasteiger partial charge in [-0.15, -0.1) is 0 Å². The third-order valence-electron chi connectivity index (χ3n) is 8.77. The van der Waals surface area contributed by atoms with E-state index in [9.17, 15) is 22.8 Å². The molecule has 13 heteroatoms. The third kappa shape index (κ3) is 7.52. The highest BCUT2D eigenvalue weighted by molar-refractivity contribution is 6.05. The molecule has 0 spiro atoms. The summed E-state index contributed by atoms with van der Waals surface area (Å²) in [6.07, 6.45) is -4.78. The zero-order valence-electron chi connectivity index (χ0n) is 27.4. The highest BCUT2D eigenvalue weighted by Gasteiger charge is 2.31. The summed E-state index contributed by atoms with van der Waals surface area (Å²) in [7, 11) is 0. The summed E-state index contributed by atoms with van der Waals surface area (Å²) in [5, 5.41) is 5.41. The highest BCUT2D eigenvalue weighted by atomic mass is 19.4. The number of hydrogen-bond donors (Lipinski definition) is 3. The Morgan fingerprint density at radius 3 is 2.28 bits per heavy atom. The number of nitrogens with two attached hydrogens (primary N) is 1. The molecule has 0 saturated carbocycles. The van der Waals surface area contributed by atoms with Crippen molar-refractivity contribution in [3.63, 3.8) is 0 Å². The van der Waals surface area contributed by atoms with Gasteiger partial charge < -0.3 is 26.2 Å². The molecule has 0 atom stereocenters. The van der Waals surface area contributed by atoms with Gasteiger partial charge in [0.25, 0.3) is 5.91 Å². The fourth-order valence-corrected chi connectivity index (χ4v) is 6.01. The normalized spacial score (nSPS) is 13.8. The van der Waals surface area contributed by atoms with E-state index in [0.717, 1.165) is 56.6 Å². The van der Waals surface area contributed by atoms with Crippen LogP contribution in [0.15, 0.2) is 78.9 Å². The molecule has 1 aliphatic rings. The van der Waals surface area contributed by atoms with Gasteiger partial charge >= 0.3 is 6.18 Å².